The number of sulfonamides is 1. The van der Waals surface area contributed by atoms with Crippen molar-refractivity contribution in [3.63, 3.8) is 0 Å². The van der Waals surface area contributed by atoms with E-state index in [2.05, 4.69) is 14.9 Å². The van der Waals surface area contributed by atoms with E-state index < -0.39 is 10.0 Å². The van der Waals surface area contributed by atoms with Crippen molar-refractivity contribution < 1.29 is 17.6 Å². The lowest BCUT2D eigenvalue weighted by atomic mass is 9.97. The van der Waals surface area contributed by atoms with Crippen LogP contribution >= 0.6 is 11.3 Å². The molecule has 0 spiro atoms. The van der Waals surface area contributed by atoms with E-state index in [-0.39, 0.29) is 27.9 Å². The zero-order valence-electron chi connectivity index (χ0n) is 16.3. The number of carbonyl (C=O) groups is 1. The van der Waals surface area contributed by atoms with Gasteiger partial charge in [0.05, 0.1) is 5.56 Å². The standard InChI is InChI=1S/C19H26N4O4S2/c24-19(23-10-6-7-11-23)18-21-20-17(27-18)14-12-16(28-13-14)29(25,26)22-15-8-4-2-1-3-5-9-15/h12-13,15,22H,1-11H2. The van der Waals surface area contributed by atoms with Crippen LogP contribution in [0, 0.1) is 0 Å². The SMILES string of the molecule is O=C(c1nnc(-c2csc(S(=O)(=O)NC3CCCCCCC3)c2)o1)N1CCCC1. The Kier molecular flexibility index (Phi) is 6.31. The average Bonchev–Trinajstić information content (AvgIpc) is 3.44. The average molecular weight is 439 g/mol. The Morgan fingerprint density at radius 2 is 1.76 bits per heavy atom. The second-order valence-electron chi connectivity index (χ2n) is 7.73. The van der Waals surface area contributed by atoms with E-state index in [4.69, 9.17) is 4.42 Å². The molecule has 0 radical (unpaired) electrons. The third kappa shape index (κ3) is 4.87. The normalized spacial score (nSPS) is 19.2. The van der Waals surface area contributed by atoms with E-state index in [0.29, 0.717) is 18.7 Å². The lowest BCUT2D eigenvalue weighted by Gasteiger charge is -2.20. The van der Waals surface area contributed by atoms with Crippen LogP contribution in [0.3, 0.4) is 0 Å². The molecule has 1 N–H and O–H groups in total. The van der Waals surface area contributed by atoms with E-state index in [0.717, 1.165) is 62.7 Å². The van der Waals surface area contributed by atoms with Gasteiger partial charge >= 0.3 is 11.8 Å². The second-order valence-corrected chi connectivity index (χ2v) is 10.6. The van der Waals surface area contributed by atoms with Gasteiger partial charge in [-0.1, -0.05) is 32.1 Å². The van der Waals surface area contributed by atoms with Gasteiger partial charge in [-0.05, 0) is 31.7 Å². The maximum atomic E-state index is 12.8. The summed E-state index contributed by atoms with van der Waals surface area (Å²) < 4.78 is 34.2. The van der Waals surface area contributed by atoms with Crippen LogP contribution in [0.2, 0.25) is 0 Å². The molecule has 1 aliphatic carbocycles. The molecule has 2 aromatic rings. The van der Waals surface area contributed by atoms with Crippen LogP contribution in [-0.2, 0) is 10.0 Å². The molecule has 158 valence electrons. The highest BCUT2D eigenvalue weighted by Gasteiger charge is 2.26. The molecule has 29 heavy (non-hydrogen) atoms. The summed E-state index contributed by atoms with van der Waals surface area (Å²) >= 11 is 1.12. The maximum absolute atomic E-state index is 12.8. The van der Waals surface area contributed by atoms with Gasteiger partial charge in [-0.3, -0.25) is 4.79 Å². The number of hydrogen-bond acceptors (Lipinski definition) is 7. The van der Waals surface area contributed by atoms with Crippen molar-refractivity contribution in [3.8, 4) is 11.5 Å². The number of nitrogens with zero attached hydrogens (tertiary/aromatic N) is 3. The highest BCUT2D eigenvalue weighted by molar-refractivity contribution is 7.91. The topological polar surface area (TPSA) is 105 Å². The third-order valence-electron chi connectivity index (χ3n) is 5.52. The van der Waals surface area contributed by atoms with Crippen molar-refractivity contribution in [1.82, 2.24) is 19.8 Å². The minimum atomic E-state index is -3.59. The van der Waals surface area contributed by atoms with E-state index in [1.807, 2.05) is 0 Å². The molecule has 1 saturated heterocycles. The first-order chi connectivity index (χ1) is 14.0. The van der Waals surface area contributed by atoms with Gasteiger partial charge in [-0.25, -0.2) is 13.1 Å². The van der Waals surface area contributed by atoms with Gasteiger partial charge < -0.3 is 9.32 Å². The maximum Gasteiger partial charge on any atom is 0.311 e. The van der Waals surface area contributed by atoms with Crippen LogP contribution < -0.4 is 4.72 Å². The fraction of sp³-hybridized carbons (Fsp3) is 0.632. The van der Waals surface area contributed by atoms with Crippen molar-refractivity contribution in [2.45, 2.75) is 68.0 Å². The monoisotopic (exact) mass is 438 g/mol. The Hall–Kier alpha value is -1.78. The van der Waals surface area contributed by atoms with Gasteiger partial charge in [-0.15, -0.1) is 21.5 Å². The Morgan fingerprint density at radius 3 is 2.48 bits per heavy atom. The first-order valence-corrected chi connectivity index (χ1v) is 12.6. The molecular formula is C19H26N4O4S2. The lowest BCUT2D eigenvalue weighted by molar-refractivity contribution is 0.0754. The predicted octanol–water partition coefficient (Wildman–Crippen LogP) is 3.43. The number of carbonyl (C=O) groups excluding carboxylic acids is 1. The molecule has 0 unspecified atom stereocenters. The second kappa shape index (κ2) is 8.93. The largest absolute Gasteiger partial charge is 0.412 e. The Labute approximate surface area is 174 Å². The van der Waals surface area contributed by atoms with E-state index in [1.54, 1.807) is 10.3 Å². The van der Waals surface area contributed by atoms with Crippen LogP contribution in [0.15, 0.2) is 20.1 Å². The number of hydrogen-bond donors (Lipinski definition) is 1. The zero-order chi connectivity index (χ0) is 20.3. The summed E-state index contributed by atoms with van der Waals surface area (Å²) in [7, 11) is -3.59. The quantitative estimate of drug-likeness (QED) is 0.767. The molecular weight excluding hydrogens is 412 g/mol. The number of thiophene rings is 1. The molecule has 0 bridgehead atoms. The molecule has 2 aliphatic rings. The van der Waals surface area contributed by atoms with Gasteiger partial charge in [0, 0.05) is 24.5 Å². The number of amides is 1. The number of aromatic nitrogens is 2. The summed E-state index contributed by atoms with van der Waals surface area (Å²) in [4.78, 5) is 14.1. The smallest absolute Gasteiger partial charge is 0.311 e. The summed E-state index contributed by atoms with van der Waals surface area (Å²) in [6.45, 7) is 1.40. The molecule has 1 aliphatic heterocycles. The first kappa shape index (κ1) is 20.5. The fourth-order valence-electron chi connectivity index (χ4n) is 3.90. The van der Waals surface area contributed by atoms with Crippen molar-refractivity contribution >= 4 is 27.3 Å². The zero-order valence-corrected chi connectivity index (χ0v) is 17.9. The minimum absolute atomic E-state index is 0.0149. The number of nitrogens with one attached hydrogen (secondary N) is 1. The molecule has 1 saturated carbocycles. The van der Waals surface area contributed by atoms with Crippen molar-refractivity contribution in [2.24, 2.45) is 0 Å². The molecule has 1 amide bonds. The highest BCUT2D eigenvalue weighted by atomic mass is 32.2. The minimum Gasteiger partial charge on any atom is -0.412 e. The fourth-order valence-corrected chi connectivity index (χ4v) is 6.38. The number of likely N-dealkylation sites (tertiary alicyclic amines) is 1. The van der Waals surface area contributed by atoms with Crippen LogP contribution in [0.5, 0.6) is 0 Å². The molecule has 3 heterocycles. The van der Waals surface area contributed by atoms with Crippen molar-refractivity contribution in [2.75, 3.05) is 13.1 Å². The lowest BCUT2D eigenvalue weighted by Crippen LogP contribution is -2.34. The summed E-state index contributed by atoms with van der Waals surface area (Å²) in [5, 5.41) is 9.46. The molecule has 2 fully saturated rings. The van der Waals surface area contributed by atoms with Crippen molar-refractivity contribution in [3.05, 3.63) is 17.3 Å². The van der Waals surface area contributed by atoms with Crippen LogP contribution in [0.4, 0.5) is 0 Å². The van der Waals surface area contributed by atoms with Crippen LogP contribution in [-0.4, -0.2) is 48.6 Å². The Morgan fingerprint density at radius 1 is 1.07 bits per heavy atom. The molecule has 8 nitrogen and oxygen atoms in total. The molecule has 2 aromatic heterocycles. The predicted molar refractivity (Wildman–Crippen MR) is 109 cm³/mol. The summed E-state index contributed by atoms with van der Waals surface area (Å²) in [5.74, 6) is -0.156. The third-order valence-corrected chi connectivity index (χ3v) is 8.48. The highest BCUT2D eigenvalue weighted by Crippen LogP contribution is 2.29. The summed E-state index contributed by atoms with van der Waals surface area (Å²) in [6.07, 6.45) is 9.39. The summed E-state index contributed by atoms with van der Waals surface area (Å²) in [6, 6.07) is 1.52. The molecule has 10 heteroatoms. The Bertz CT molecular complexity index is 939. The molecule has 0 atom stereocenters. The van der Waals surface area contributed by atoms with Crippen LogP contribution in [0.1, 0.15) is 68.5 Å². The van der Waals surface area contributed by atoms with Gasteiger partial charge in [-0.2, -0.15) is 0 Å². The first-order valence-electron chi connectivity index (χ1n) is 10.3. The van der Waals surface area contributed by atoms with E-state index >= 15 is 0 Å². The summed E-state index contributed by atoms with van der Waals surface area (Å²) in [5.41, 5.74) is 0.515. The van der Waals surface area contributed by atoms with Gasteiger partial charge in [0.25, 0.3) is 0 Å². The van der Waals surface area contributed by atoms with Gasteiger partial charge in [0.2, 0.25) is 15.9 Å². The van der Waals surface area contributed by atoms with Crippen molar-refractivity contribution in [1.29, 1.82) is 0 Å². The van der Waals surface area contributed by atoms with Gasteiger partial charge in [0.1, 0.15) is 4.21 Å². The van der Waals surface area contributed by atoms with Crippen LogP contribution in [0.25, 0.3) is 11.5 Å². The van der Waals surface area contributed by atoms with Gasteiger partial charge in [0.15, 0.2) is 0 Å². The Balaban J connectivity index is 1.45. The molecule has 0 aromatic carbocycles. The molecule has 4 rings (SSSR count). The van der Waals surface area contributed by atoms with E-state index in [9.17, 15) is 13.2 Å². The van der Waals surface area contributed by atoms with E-state index in [1.165, 1.54) is 12.5 Å². The number of rotatable bonds is 5.